The number of carbonyl (C=O) groups is 6. The molecular weight excluding hydrogens is 735 g/mol. The van der Waals surface area contributed by atoms with Gasteiger partial charge in [-0.1, -0.05) is 76.5 Å². The molecule has 0 spiro atoms. The van der Waals surface area contributed by atoms with Gasteiger partial charge in [-0.2, -0.15) is 11.8 Å². The summed E-state index contributed by atoms with van der Waals surface area (Å²) in [6.07, 6.45) is 10.6. The minimum atomic E-state index is -1.12. The molecule has 5 atom stereocenters. The number of hydrogen-bond acceptors (Lipinski definition) is 8. The number of fused-ring (bicyclic) bond motifs is 3. The van der Waals surface area contributed by atoms with Crippen LogP contribution in [0.5, 0.6) is 0 Å². The van der Waals surface area contributed by atoms with Gasteiger partial charge in [0.05, 0.1) is 0 Å². The van der Waals surface area contributed by atoms with Crippen molar-refractivity contribution in [2.75, 3.05) is 18.8 Å². The molecule has 2 fully saturated rings. The zero-order valence-corrected chi connectivity index (χ0v) is 33.8. The maximum atomic E-state index is 14.4. The van der Waals surface area contributed by atoms with E-state index in [4.69, 9.17) is 17.2 Å². The van der Waals surface area contributed by atoms with E-state index in [9.17, 15) is 28.8 Å². The molecule has 10 N–H and O–H groups in total. The standard InChI is InChI=1S/C40H61N9O6S/c1-40(2,3)33(34(41)51)48-35(52)28(17-10-20-44-39(42)43)45-36(53)29-24-56-23-26-14-9-13-25(22-26)12-7-8-19-31(50)49-21-11-18-30(49)37(54)47-32(38(55)46-29)27-15-5-4-6-16-27/h7,9,12-14,22,27-30,32-33H,4-6,8,10-11,15-21,23-24H2,1-3H3,(H2,41,51)(H,45,53)(H,46,55)(H,47,54)(H,48,52)(H4,42,43,44)/b12-7+/t28-,29-,30-,32?,33+/m0/s1. The summed E-state index contributed by atoms with van der Waals surface area (Å²) in [7, 11) is 0. The van der Waals surface area contributed by atoms with E-state index in [0.29, 0.717) is 38.0 Å². The van der Waals surface area contributed by atoms with Crippen molar-refractivity contribution in [2.45, 2.75) is 127 Å². The average molecular weight is 796 g/mol. The van der Waals surface area contributed by atoms with E-state index in [0.717, 1.165) is 43.2 Å². The molecular formula is C40H61N9O6S. The Kier molecular flexibility index (Phi) is 16.6. The van der Waals surface area contributed by atoms with Crippen molar-refractivity contribution in [2.24, 2.45) is 33.5 Å². The van der Waals surface area contributed by atoms with Crippen LogP contribution in [0.4, 0.5) is 0 Å². The number of nitrogens with zero attached hydrogens (tertiary/aromatic N) is 2. The molecule has 1 aromatic carbocycles. The lowest BCUT2D eigenvalue weighted by atomic mass is 9.83. The minimum Gasteiger partial charge on any atom is -0.370 e. The predicted molar refractivity (Wildman–Crippen MR) is 218 cm³/mol. The summed E-state index contributed by atoms with van der Waals surface area (Å²) >= 11 is 1.44. The van der Waals surface area contributed by atoms with Crippen molar-refractivity contribution in [3.8, 4) is 0 Å². The van der Waals surface area contributed by atoms with Crippen molar-refractivity contribution < 1.29 is 28.8 Å². The molecule has 2 heterocycles. The Morgan fingerprint density at radius 3 is 2.43 bits per heavy atom. The molecule has 3 aliphatic rings. The lowest BCUT2D eigenvalue weighted by Gasteiger charge is -2.33. The first-order valence-corrected chi connectivity index (χ1v) is 21.0. The highest BCUT2D eigenvalue weighted by atomic mass is 32.2. The summed E-state index contributed by atoms with van der Waals surface area (Å²) in [4.78, 5) is 87.6. The van der Waals surface area contributed by atoms with Gasteiger partial charge < -0.3 is 43.4 Å². The van der Waals surface area contributed by atoms with Crippen molar-refractivity contribution >= 4 is 59.2 Å². The van der Waals surface area contributed by atoms with Crippen molar-refractivity contribution in [1.82, 2.24) is 26.2 Å². The van der Waals surface area contributed by atoms with Crippen LogP contribution in [0.3, 0.4) is 0 Å². The van der Waals surface area contributed by atoms with Gasteiger partial charge in [-0.05, 0) is 67.4 Å². The van der Waals surface area contributed by atoms with Crippen LogP contribution in [0.15, 0.2) is 35.3 Å². The van der Waals surface area contributed by atoms with Crippen molar-refractivity contribution in [1.29, 1.82) is 0 Å². The summed E-state index contributed by atoms with van der Waals surface area (Å²) in [6.45, 7) is 5.96. The highest BCUT2D eigenvalue weighted by Gasteiger charge is 2.39. The maximum Gasteiger partial charge on any atom is 0.244 e. The SMILES string of the molecule is CC(C)(C)[C@H](NC(=O)[C@H](CCCN=C(N)N)NC(=O)[C@@H]1CSCc2cccc(c2)/C=C/CCC(=O)N2CCC[C@H]2C(=O)NC(C2CCCCC2)C(=O)N1)C(N)=O. The normalized spacial score (nSPS) is 23.4. The van der Waals surface area contributed by atoms with Gasteiger partial charge in [0, 0.05) is 31.0 Å². The van der Waals surface area contributed by atoms with E-state index in [1.807, 2.05) is 36.4 Å². The molecule has 16 heteroatoms. The molecule has 0 aromatic heterocycles. The number of primary amides is 1. The first-order chi connectivity index (χ1) is 26.6. The minimum absolute atomic E-state index is 0.104. The number of nitrogens with two attached hydrogens (primary N) is 3. The number of rotatable bonds is 10. The summed E-state index contributed by atoms with van der Waals surface area (Å²) in [5.41, 5.74) is 17.9. The highest BCUT2D eigenvalue weighted by molar-refractivity contribution is 7.98. The summed E-state index contributed by atoms with van der Waals surface area (Å²) in [5, 5.41) is 11.5. The van der Waals surface area contributed by atoms with Crippen LogP contribution in [-0.4, -0.2) is 95.4 Å². The lowest BCUT2D eigenvalue weighted by Crippen LogP contribution is -2.61. The fraction of sp³-hybridized carbons (Fsp3) is 0.625. The van der Waals surface area contributed by atoms with E-state index in [-0.39, 0.29) is 48.8 Å². The number of amides is 6. The van der Waals surface area contributed by atoms with E-state index >= 15 is 0 Å². The Hall–Kier alpha value is -4.60. The molecule has 1 saturated heterocycles. The molecule has 15 nitrogen and oxygen atoms in total. The summed E-state index contributed by atoms with van der Waals surface area (Å²) in [5.74, 6) is -2.52. The van der Waals surface area contributed by atoms with Gasteiger partial charge in [0.15, 0.2) is 5.96 Å². The monoisotopic (exact) mass is 795 g/mol. The molecule has 1 unspecified atom stereocenters. The highest BCUT2D eigenvalue weighted by Crippen LogP contribution is 2.28. The number of benzene rings is 1. The second-order valence-electron chi connectivity index (χ2n) is 16.1. The molecule has 1 aromatic rings. The Morgan fingerprint density at radius 2 is 1.73 bits per heavy atom. The van der Waals surface area contributed by atoms with Crippen LogP contribution in [-0.2, 0) is 34.5 Å². The van der Waals surface area contributed by atoms with Gasteiger partial charge >= 0.3 is 0 Å². The van der Waals surface area contributed by atoms with E-state index in [1.54, 1.807) is 25.7 Å². The van der Waals surface area contributed by atoms with Crippen LogP contribution in [0.2, 0.25) is 0 Å². The van der Waals surface area contributed by atoms with Gasteiger partial charge in [-0.25, -0.2) is 0 Å². The molecule has 1 saturated carbocycles. The number of aliphatic imine (C=N–C) groups is 1. The molecule has 56 heavy (non-hydrogen) atoms. The first-order valence-electron chi connectivity index (χ1n) is 19.8. The lowest BCUT2D eigenvalue weighted by molar-refractivity contribution is -0.140. The van der Waals surface area contributed by atoms with Gasteiger partial charge in [0.1, 0.15) is 30.2 Å². The second-order valence-corrected chi connectivity index (χ2v) is 17.1. The quantitative estimate of drug-likeness (QED) is 0.104. The van der Waals surface area contributed by atoms with Crippen LogP contribution in [0.1, 0.15) is 103 Å². The molecule has 1 aliphatic carbocycles. The maximum absolute atomic E-state index is 14.4. The Balaban J connectivity index is 1.65. The molecule has 2 aliphatic heterocycles. The zero-order chi connectivity index (χ0) is 40.8. The Morgan fingerprint density at radius 1 is 0.982 bits per heavy atom. The summed E-state index contributed by atoms with van der Waals surface area (Å²) in [6, 6.07) is 3.06. The Bertz CT molecular complexity index is 1620. The third-order valence-corrected chi connectivity index (χ3v) is 11.7. The van der Waals surface area contributed by atoms with Crippen LogP contribution in [0.25, 0.3) is 6.08 Å². The Labute approximate surface area is 334 Å². The van der Waals surface area contributed by atoms with Gasteiger partial charge in [0.2, 0.25) is 35.4 Å². The van der Waals surface area contributed by atoms with E-state index in [1.165, 1.54) is 11.8 Å². The molecule has 2 bridgehead atoms. The predicted octanol–water partition coefficient (Wildman–Crippen LogP) is 1.82. The summed E-state index contributed by atoms with van der Waals surface area (Å²) < 4.78 is 0. The zero-order valence-electron chi connectivity index (χ0n) is 33.0. The number of hydrogen-bond donors (Lipinski definition) is 7. The first kappa shape index (κ1) is 44.1. The largest absolute Gasteiger partial charge is 0.370 e. The van der Waals surface area contributed by atoms with Gasteiger partial charge in [-0.15, -0.1) is 0 Å². The number of allylic oxidation sites excluding steroid dienone is 1. The smallest absolute Gasteiger partial charge is 0.244 e. The third-order valence-electron chi connectivity index (χ3n) is 10.6. The molecule has 0 radical (unpaired) electrons. The number of thioether (sulfide) groups is 1. The van der Waals surface area contributed by atoms with Crippen LogP contribution >= 0.6 is 11.8 Å². The molecule has 4 rings (SSSR count). The fourth-order valence-electron chi connectivity index (χ4n) is 7.55. The van der Waals surface area contributed by atoms with Crippen LogP contribution in [0, 0.1) is 11.3 Å². The van der Waals surface area contributed by atoms with Gasteiger partial charge in [-0.3, -0.25) is 33.8 Å². The van der Waals surface area contributed by atoms with Crippen LogP contribution < -0.4 is 38.5 Å². The number of carbonyl (C=O) groups excluding carboxylic acids is 6. The third kappa shape index (κ3) is 13.3. The van der Waals surface area contributed by atoms with E-state index in [2.05, 4.69) is 26.3 Å². The second kappa shape index (κ2) is 21.1. The van der Waals surface area contributed by atoms with Gasteiger partial charge in [0.25, 0.3) is 0 Å². The molecule has 308 valence electrons. The number of nitrogens with one attached hydrogen (secondary N) is 4. The number of guanidine groups is 1. The fourth-order valence-corrected chi connectivity index (χ4v) is 8.55. The topological polar surface area (TPSA) is 244 Å². The van der Waals surface area contributed by atoms with E-state index < -0.39 is 59.3 Å². The molecule has 6 amide bonds. The average Bonchev–Trinajstić information content (AvgIpc) is 3.65. The van der Waals surface area contributed by atoms with Crippen molar-refractivity contribution in [3.05, 3.63) is 41.5 Å². The van der Waals surface area contributed by atoms with Crippen molar-refractivity contribution in [3.63, 3.8) is 0 Å².